The second-order valence-electron chi connectivity index (χ2n) is 12.4. The molecular weight excluding hydrogens is 645 g/mol. The third-order valence-corrected chi connectivity index (χ3v) is 8.41. The molecule has 0 radical (unpaired) electrons. The Labute approximate surface area is 304 Å². The van der Waals surface area contributed by atoms with Crippen LogP contribution in [0.25, 0.3) is 16.7 Å². The Morgan fingerprint density at radius 1 is 0.365 bits per heavy atom. The van der Waals surface area contributed by atoms with Crippen molar-refractivity contribution in [3.05, 3.63) is 199 Å². The summed E-state index contributed by atoms with van der Waals surface area (Å²) in [5, 5.41) is 0. The SMILES string of the molecule is C=C(C)c1ccc(Oc2ccc(Oc3ccc(C(=O)c4ccc(Oc5ccc(-c6ccc(Oc7ccc(C)cc7)cc6)cc5)cc4)cc3)cc2)cc1. The molecule has 5 heteroatoms. The fourth-order valence-electron chi connectivity index (χ4n) is 5.48. The van der Waals surface area contributed by atoms with Crippen molar-refractivity contribution in [3.63, 3.8) is 0 Å². The number of hydrogen-bond donors (Lipinski definition) is 0. The number of hydrogen-bond acceptors (Lipinski definition) is 5. The molecule has 0 aliphatic carbocycles. The van der Waals surface area contributed by atoms with Crippen molar-refractivity contribution in [2.24, 2.45) is 0 Å². The van der Waals surface area contributed by atoms with Gasteiger partial charge in [-0.05, 0) is 152 Å². The Hall–Kier alpha value is -6.85. The van der Waals surface area contributed by atoms with Crippen molar-refractivity contribution in [1.29, 1.82) is 0 Å². The van der Waals surface area contributed by atoms with E-state index in [1.807, 2.05) is 128 Å². The smallest absolute Gasteiger partial charge is 0.193 e. The van der Waals surface area contributed by atoms with Crippen LogP contribution in [0.5, 0.6) is 46.0 Å². The monoisotopic (exact) mass is 680 g/mol. The third-order valence-electron chi connectivity index (χ3n) is 8.41. The zero-order valence-electron chi connectivity index (χ0n) is 28.9. The summed E-state index contributed by atoms with van der Waals surface area (Å²) in [6, 6.07) is 53.4. The Kier molecular flexibility index (Phi) is 9.94. The molecule has 254 valence electrons. The summed E-state index contributed by atoms with van der Waals surface area (Å²) < 4.78 is 24.0. The van der Waals surface area contributed by atoms with Gasteiger partial charge >= 0.3 is 0 Å². The van der Waals surface area contributed by atoms with E-state index < -0.39 is 0 Å². The normalized spacial score (nSPS) is 10.7. The number of carbonyl (C=O) groups is 1. The zero-order valence-corrected chi connectivity index (χ0v) is 28.9. The molecule has 7 rings (SSSR count). The number of benzene rings is 7. The molecule has 7 aromatic carbocycles. The maximum absolute atomic E-state index is 13.2. The molecule has 0 spiro atoms. The van der Waals surface area contributed by atoms with Crippen LogP contribution in [-0.2, 0) is 0 Å². The van der Waals surface area contributed by atoms with Crippen molar-refractivity contribution in [3.8, 4) is 57.1 Å². The van der Waals surface area contributed by atoms with Crippen molar-refractivity contribution >= 4 is 11.4 Å². The van der Waals surface area contributed by atoms with Crippen molar-refractivity contribution in [2.45, 2.75) is 13.8 Å². The molecule has 0 amide bonds. The van der Waals surface area contributed by atoms with Crippen molar-refractivity contribution in [1.82, 2.24) is 0 Å². The van der Waals surface area contributed by atoms with Gasteiger partial charge in [-0.1, -0.05) is 66.2 Å². The molecule has 0 N–H and O–H groups in total. The minimum atomic E-state index is -0.0875. The van der Waals surface area contributed by atoms with Gasteiger partial charge in [-0.25, -0.2) is 0 Å². The molecule has 0 aliphatic heterocycles. The van der Waals surface area contributed by atoms with E-state index in [1.165, 1.54) is 5.56 Å². The van der Waals surface area contributed by atoms with Gasteiger partial charge < -0.3 is 18.9 Å². The molecule has 0 aliphatic rings. The Morgan fingerprint density at radius 3 is 0.885 bits per heavy atom. The molecule has 0 saturated carbocycles. The zero-order chi connectivity index (χ0) is 35.9. The van der Waals surface area contributed by atoms with Gasteiger partial charge in [0.2, 0.25) is 0 Å². The highest BCUT2D eigenvalue weighted by molar-refractivity contribution is 6.09. The van der Waals surface area contributed by atoms with Gasteiger partial charge in [0.05, 0.1) is 0 Å². The summed E-state index contributed by atoms with van der Waals surface area (Å²) in [5.74, 6) is 5.58. The molecule has 0 fully saturated rings. The van der Waals surface area contributed by atoms with E-state index in [0.29, 0.717) is 39.9 Å². The molecule has 7 aromatic rings. The van der Waals surface area contributed by atoms with Crippen LogP contribution in [0.15, 0.2) is 176 Å². The van der Waals surface area contributed by atoms with Crippen LogP contribution < -0.4 is 18.9 Å². The van der Waals surface area contributed by atoms with Crippen molar-refractivity contribution < 1.29 is 23.7 Å². The van der Waals surface area contributed by atoms with Gasteiger partial charge in [0, 0.05) is 11.1 Å². The maximum atomic E-state index is 13.2. The highest BCUT2D eigenvalue weighted by Crippen LogP contribution is 2.31. The summed E-state index contributed by atoms with van der Waals surface area (Å²) in [4.78, 5) is 13.2. The minimum absolute atomic E-state index is 0.0875. The summed E-state index contributed by atoms with van der Waals surface area (Å²) in [7, 11) is 0. The summed E-state index contributed by atoms with van der Waals surface area (Å²) in [6.45, 7) is 7.99. The van der Waals surface area contributed by atoms with Crippen LogP contribution in [0.3, 0.4) is 0 Å². The molecule has 0 atom stereocenters. The molecule has 0 bridgehead atoms. The lowest BCUT2D eigenvalue weighted by molar-refractivity contribution is 0.103. The second kappa shape index (κ2) is 15.4. The minimum Gasteiger partial charge on any atom is -0.457 e. The summed E-state index contributed by atoms with van der Waals surface area (Å²) in [5.41, 5.74) is 6.55. The number of carbonyl (C=O) groups excluding carboxylic acids is 1. The highest BCUT2D eigenvalue weighted by atomic mass is 16.5. The van der Waals surface area contributed by atoms with Crippen LogP contribution in [0.4, 0.5) is 0 Å². The topological polar surface area (TPSA) is 54.0 Å². The van der Waals surface area contributed by atoms with Gasteiger partial charge in [-0.2, -0.15) is 0 Å². The quantitative estimate of drug-likeness (QED) is 0.120. The molecule has 0 unspecified atom stereocenters. The van der Waals surface area contributed by atoms with E-state index >= 15 is 0 Å². The Balaban J connectivity index is 0.905. The van der Waals surface area contributed by atoms with E-state index in [0.717, 1.165) is 39.5 Å². The first-order chi connectivity index (χ1) is 25.3. The molecule has 52 heavy (non-hydrogen) atoms. The Morgan fingerprint density at radius 2 is 0.596 bits per heavy atom. The molecular formula is C47H36O5. The van der Waals surface area contributed by atoms with Crippen molar-refractivity contribution in [2.75, 3.05) is 0 Å². The van der Waals surface area contributed by atoms with Gasteiger partial charge in [-0.3, -0.25) is 4.79 Å². The van der Waals surface area contributed by atoms with Crippen LogP contribution >= 0.6 is 0 Å². The van der Waals surface area contributed by atoms with Crippen LogP contribution in [0.1, 0.15) is 34.0 Å². The highest BCUT2D eigenvalue weighted by Gasteiger charge is 2.11. The lowest BCUT2D eigenvalue weighted by Gasteiger charge is -2.10. The molecule has 0 saturated heterocycles. The standard InChI is InChI=1S/C47H36O5/c1-32(2)34-6-18-40(19-7-34)51-45-28-30-46(31-29-45)52-44-26-14-38(15-27-44)47(48)37-12-24-43(25-13-37)50-42-22-10-36(11-23-42)35-8-20-41(21-9-35)49-39-16-4-33(3)5-17-39/h4-31H,1H2,2-3H3. The summed E-state index contributed by atoms with van der Waals surface area (Å²) >= 11 is 0. The number of allylic oxidation sites excluding steroid dienone is 1. The van der Waals surface area contributed by atoms with E-state index in [-0.39, 0.29) is 5.78 Å². The average Bonchev–Trinajstić information content (AvgIpc) is 3.18. The second-order valence-corrected chi connectivity index (χ2v) is 12.4. The molecule has 0 aromatic heterocycles. The molecule has 5 nitrogen and oxygen atoms in total. The van der Waals surface area contributed by atoms with Gasteiger partial charge in [-0.15, -0.1) is 0 Å². The van der Waals surface area contributed by atoms with E-state index in [4.69, 9.17) is 18.9 Å². The largest absolute Gasteiger partial charge is 0.457 e. The predicted octanol–water partition coefficient (Wildman–Crippen LogP) is 13.1. The number of ether oxygens (including phenoxy) is 4. The average molecular weight is 681 g/mol. The van der Waals surface area contributed by atoms with E-state index in [2.05, 4.69) is 13.5 Å². The van der Waals surface area contributed by atoms with Crippen LogP contribution in [-0.4, -0.2) is 5.78 Å². The van der Waals surface area contributed by atoms with E-state index in [1.54, 1.807) is 48.5 Å². The fraction of sp³-hybridized carbons (Fsp3) is 0.0426. The first-order valence-electron chi connectivity index (χ1n) is 16.9. The van der Waals surface area contributed by atoms with Gasteiger partial charge in [0.25, 0.3) is 0 Å². The van der Waals surface area contributed by atoms with Gasteiger partial charge in [0.15, 0.2) is 5.78 Å². The lowest BCUT2D eigenvalue weighted by atomic mass is 10.0. The first-order valence-corrected chi connectivity index (χ1v) is 16.9. The number of aryl methyl sites for hydroxylation is 1. The van der Waals surface area contributed by atoms with Gasteiger partial charge in [0.1, 0.15) is 46.0 Å². The fourth-order valence-corrected chi connectivity index (χ4v) is 5.48. The van der Waals surface area contributed by atoms with Crippen LogP contribution in [0.2, 0.25) is 0 Å². The van der Waals surface area contributed by atoms with E-state index in [9.17, 15) is 4.79 Å². The predicted molar refractivity (Wildman–Crippen MR) is 207 cm³/mol. The number of ketones is 1. The summed E-state index contributed by atoms with van der Waals surface area (Å²) in [6.07, 6.45) is 0. The third kappa shape index (κ3) is 8.47. The molecule has 0 heterocycles. The van der Waals surface area contributed by atoms with Crippen LogP contribution in [0, 0.1) is 6.92 Å². The number of rotatable bonds is 12. The lowest BCUT2D eigenvalue weighted by Crippen LogP contribution is -2.01. The Bertz CT molecular complexity index is 2270. The first kappa shape index (κ1) is 33.6. The maximum Gasteiger partial charge on any atom is 0.193 e.